The zero-order chi connectivity index (χ0) is 23.1. The summed E-state index contributed by atoms with van der Waals surface area (Å²) in [5.41, 5.74) is 2.62. The molecule has 32 heavy (non-hydrogen) atoms. The zero-order valence-electron chi connectivity index (χ0n) is 19.3. The summed E-state index contributed by atoms with van der Waals surface area (Å²) in [6.07, 6.45) is 2.24. The van der Waals surface area contributed by atoms with Gasteiger partial charge in [0.2, 0.25) is 5.91 Å². The Balaban J connectivity index is 2.08. The number of carbonyl (C=O) groups is 1. The van der Waals surface area contributed by atoms with E-state index in [1.54, 1.807) is 36.5 Å². The van der Waals surface area contributed by atoms with Crippen molar-refractivity contribution in [1.82, 2.24) is 4.98 Å². The van der Waals surface area contributed by atoms with Gasteiger partial charge in [0.25, 0.3) is 0 Å². The van der Waals surface area contributed by atoms with E-state index < -0.39 is 0 Å². The normalized spacial score (nSPS) is 10.7. The number of benzene rings is 2. The molecule has 0 spiro atoms. The Morgan fingerprint density at radius 2 is 1.72 bits per heavy atom. The fourth-order valence-electron chi connectivity index (χ4n) is 3.42. The molecule has 0 aliphatic heterocycles. The van der Waals surface area contributed by atoms with Crippen LogP contribution in [0.1, 0.15) is 38.5 Å². The van der Waals surface area contributed by atoms with Crippen LogP contribution in [0.4, 0.5) is 10.8 Å². The number of ether oxygens (including phenoxy) is 3. The van der Waals surface area contributed by atoms with Gasteiger partial charge in [-0.3, -0.25) is 9.69 Å². The highest BCUT2D eigenvalue weighted by molar-refractivity contribution is 7.16. The van der Waals surface area contributed by atoms with Crippen LogP contribution in [-0.4, -0.2) is 31.7 Å². The lowest BCUT2D eigenvalue weighted by Crippen LogP contribution is -2.24. The van der Waals surface area contributed by atoms with Crippen molar-refractivity contribution >= 4 is 28.1 Å². The van der Waals surface area contributed by atoms with Gasteiger partial charge >= 0.3 is 0 Å². The van der Waals surface area contributed by atoms with Crippen LogP contribution in [0.15, 0.2) is 42.5 Å². The van der Waals surface area contributed by atoms with Crippen LogP contribution in [0.25, 0.3) is 11.3 Å². The summed E-state index contributed by atoms with van der Waals surface area (Å²) in [6.45, 7) is 6.59. The molecule has 7 heteroatoms. The first-order valence-electron chi connectivity index (χ1n) is 10.8. The van der Waals surface area contributed by atoms with E-state index in [0.717, 1.165) is 34.7 Å². The van der Waals surface area contributed by atoms with Crippen molar-refractivity contribution in [2.75, 3.05) is 25.7 Å². The first-order valence-corrected chi connectivity index (χ1v) is 11.7. The van der Waals surface area contributed by atoms with Crippen molar-refractivity contribution in [2.45, 2.75) is 40.0 Å². The number of aromatic nitrogens is 1. The summed E-state index contributed by atoms with van der Waals surface area (Å²) in [7, 11) is 3.17. The van der Waals surface area contributed by atoms with E-state index in [1.165, 1.54) is 0 Å². The smallest absolute Gasteiger partial charge is 0.233 e. The second kappa shape index (κ2) is 11.0. The number of thiazole rings is 1. The highest BCUT2D eigenvalue weighted by Crippen LogP contribution is 2.40. The summed E-state index contributed by atoms with van der Waals surface area (Å²) in [6, 6.07) is 13.4. The monoisotopic (exact) mass is 454 g/mol. The second-order valence-corrected chi connectivity index (χ2v) is 8.16. The molecule has 0 N–H and O–H groups in total. The van der Waals surface area contributed by atoms with Gasteiger partial charge < -0.3 is 14.2 Å². The average Bonchev–Trinajstić information content (AvgIpc) is 3.23. The summed E-state index contributed by atoms with van der Waals surface area (Å²) in [5, 5.41) is 0.649. The first-order chi connectivity index (χ1) is 15.6. The number of nitrogens with zero attached hydrogens (tertiary/aromatic N) is 2. The molecule has 6 nitrogen and oxygen atoms in total. The maximum absolute atomic E-state index is 13.0. The minimum atomic E-state index is -0.0349. The molecule has 2 aromatic carbocycles. The number of hydrogen-bond donors (Lipinski definition) is 0. The molecule has 170 valence electrons. The lowest BCUT2D eigenvalue weighted by Gasteiger charge is -2.20. The van der Waals surface area contributed by atoms with Gasteiger partial charge in [-0.05, 0) is 49.7 Å². The highest BCUT2D eigenvalue weighted by atomic mass is 32.1. The fraction of sp³-hybridized carbons (Fsp3) is 0.360. The number of anilines is 2. The molecule has 0 bridgehead atoms. The number of methoxy groups -OCH3 is 2. The van der Waals surface area contributed by atoms with Gasteiger partial charge in [0.1, 0.15) is 5.75 Å². The van der Waals surface area contributed by atoms with Crippen molar-refractivity contribution in [1.29, 1.82) is 0 Å². The van der Waals surface area contributed by atoms with Crippen molar-refractivity contribution in [3.8, 4) is 28.5 Å². The second-order valence-electron chi connectivity index (χ2n) is 7.10. The summed E-state index contributed by atoms with van der Waals surface area (Å²) >= 11 is 1.55. The van der Waals surface area contributed by atoms with Crippen LogP contribution in [0, 0.1) is 0 Å². The number of amides is 1. The van der Waals surface area contributed by atoms with Gasteiger partial charge in [-0.2, -0.15) is 0 Å². The molecule has 0 fully saturated rings. The minimum absolute atomic E-state index is 0.0349. The van der Waals surface area contributed by atoms with Crippen LogP contribution in [-0.2, 0) is 11.2 Å². The van der Waals surface area contributed by atoms with Crippen molar-refractivity contribution in [2.24, 2.45) is 0 Å². The predicted molar refractivity (Wildman–Crippen MR) is 130 cm³/mol. The van der Waals surface area contributed by atoms with Gasteiger partial charge in [-0.1, -0.05) is 20.3 Å². The summed E-state index contributed by atoms with van der Waals surface area (Å²) < 4.78 is 16.4. The molecule has 0 aliphatic carbocycles. The van der Waals surface area contributed by atoms with Gasteiger partial charge in [0.05, 0.1) is 32.2 Å². The first kappa shape index (κ1) is 23.6. The Morgan fingerprint density at radius 1 is 1.00 bits per heavy atom. The van der Waals surface area contributed by atoms with Gasteiger partial charge in [-0.25, -0.2) is 4.98 Å². The molecule has 0 aliphatic rings. The Hall–Kier alpha value is -3.06. The maximum atomic E-state index is 13.0. The largest absolute Gasteiger partial charge is 0.494 e. The molecule has 1 heterocycles. The van der Waals surface area contributed by atoms with E-state index in [0.29, 0.717) is 35.3 Å². The van der Waals surface area contributed by atoms with Crippen LogP contribution >= 0.6 is 11.3 Å². The molecule has 0 unspecified atom stereocenters. The molecule has 0 saturated carbocycles. The lowest BCUT2D eigenvalue weighted by molar-refractivity contribution is -0.117. The third-order valence-electron chi connectivity index (χ3n) is 4.97. The maximum Gasteiger partial charge on any atom is 0.233 e. The SMILES string of the molecule is CCCc1sc(N(C(=O)CC)c2ccc(OC)c(OC)c2)nc1-c1ccc(OCC)cc1. The molecular formula is C25H30N2O4S. The number of aryl methyl sites for hydroxylation is 1. The summed E-state index contributed by atoms with van der Waals surface area (Å²) in [4.78, 5) is 20.8. The van der Waals surface area contributed by atoms with Crippen molar-refractivity contribution < 1.29 is 19.0 Å². The molecule has 0 atom stereocenters. The van der Waals surface area contributed by atoms with E-state index in [9.17, 15) is 4.79 Å². The Kier molecular flexibility index (Phi) is 8.11. The molecule has 0 radical (unpaired) electrons. The number of carbonyl (C=O) groups excluding carboxylic acids is 1. The van der Waals surface area contributed by atoms with Crippen LogP contribution < -0.4 is 19.1 Å². The van der Waals surface area contributed by atoms with E-state index in [1.807, 2.05) is 50.2 Å². The standard InChI is InChI=1S/C25H30N2O4S/c1-6-9-22-24(17-10-13-19(14-11-17)31-8-3)26-25(32-22)27(23(28)7-2)18-12-15-20(29-4)21(16-18)30-5/h10-16H,6-9H2,1-5H3. The molecular weight excluding hydrogens is 424 g/mol. The minimum Gasteiger partial charge on any atom is -0.494 e. The zero-order valence-corrected chi connectivity index (χ0v) is 20.1. The number of hydrogen-bond acceptors (Lipinski definition) is 6. The molecule has 0 saturated heterocycles. The van der Waals surface area contributed by atoms with Crippen LogP contribution in [0.5, 0.6) is 17.2 Å². The van der Waals surface area contributed by atoms with Crippen molar-refractivity contribution in [3.05, 3.63) is 47.3 Å². The van der Waals surface area contributed by atoms with Crippen molar-refractivity contribution in [3.63, 3.8) is 0 Å². The third kappa shape index (κ3) is 5.05. The molecule has 3 aromatic rings. The average molecular weight is 455 g/mol. The van der Waals surface area contributed by atoms with Crippen LogP contribution in [0.2, 0.25) is 0 Å². The number of rotatable bonds is 10. The van der Waals surface area contributed by atoms with E-state index in [2.05, 4.69) is 6.92 Å². The Morgan fingerprint density at radius 3 is 2.31 bits per heavy atom. The van der Waals surface area contributed by atoms with Gasteiger partial charge in [0.15, 0.2) is 16.6 Å². The van der Waals surface area contributed by atoms with Crippen LogP contribution in [0.3, 0.4) is 0 Å². The topological polar surface area (TPSA) is 60.9 Å². The third-order valence-corrected chi connectivity index (χ3v) is 6.07. The predicted octanol–water partition coefficient (Wildman–Crippen LogP) is 6.25. The lowest BCUT2D eigenvalue weighted by atomic mass is 10.1. The van der Waals surface area contributed by atoms with E-state index in [-0.39, 0.29) is 5.91 Å². The highest BCUT2D eigenvalue weighted by Gasteiger charge is 2.24. The molecule has 1 amide bonds. The van der Waals surface area contributed by atoms with E-state index in [4.69, 9.17) is 19.2 Å². The van der Waals surface area contributed by atoms with Gasteiger partial charge in [0, 0.05) is 22.9 Å². The quantitative estimate of drug-likeness (QED) is 0.362. The summed E-state index contributed by atoms with van der Waals surface area (Å²) in [5.74, 6) is 1.97. The van der Waals surface area contributed by atoms with E-state index >= 15 is 0 Å². The fourth-order valence-corrected chi connectivity index (χ4v) is 4.64. The Bertz CT molecular complexity index is 1050. The molecule has 3 rings (SSSR count). The Labute approximate surface area is 193 Å². The van der Waals surface area contributed by atoms with Gasteiger partial charge in [-0.15, -0.1) is 11.3 Å². The molecule has 1 aromatic heterocycles.